The number of nitrogens with one attached hydrogen (secondary N) is 1. The van der Waals surface area contributed by atoms with Crippen molar-refractivity contribution in [1.29, 1.82) is 0 Å². The molecule has 0 spiro atoms. The van der Waals surface area contributed by atoms with Crippen LogP contribution in [0.4, 0.5) is 0 Å². The highest BCUT2D eigenvalue weighted by atomic mass is 32.1. The van der Waals surface area contributed by atoms with Crippen LogP contribution in [0.5, 0.6) is 5.75 Å². The van der Waals surface area contributed by atoms with Gasteiger partial charge in [-0.05, 0) is 35.7 Å². The molecule has 21 heavy (non-hydrogen) atoms. The first-order valence-electron chi connectivity index (χ1n) is 7.12. The monoisotopic (exact) mass is 296 g/mol. The fourth-order valence-electron chi connectivity index (χ4n) is 2.99. The number of pyridine rings is 1. The summed E-state index contributed by atoms with van der Waals surface area (Å²) in [5, 5.41) is 5.49. The van der Waals surface area contributed by atoms with Gasteiger partial charge in [-0.15, -0.1) is 11.3 Å². The standard InChI is InChI=1S/C17H16N2OS/c1-18-16(12-9-15-14(19-10-12)6-8-21-15)13-4-2-3-11-5-7-20-17(11)13/h2-4,6,8-10,16,18H,5,7H2,1H3. The summed E-state index contributed by atoms with van der Waals surface area (Å²) in [6.45, 7) is 0.783. The molecule has 2 aromatic heterocycles. The summed E-state index contributed by atoms with van der Waals surface area (Å²) >= 11 is 1.73. The van der Waals surface area contributed by atoms with Gasteiger partial charge in [0.05, 0.1) is 22.9 Å². The highest BCUT2D eigenvalue weighted by Crippen LogP contribution is 2.36. The second-order valence-corrected chi connectivity index (χ2v) is 6.18. The van der Waals surface area contributed by atoms with Crippen molar-refractivity contribution < 1.29 is 4.74 Å². The Morgan fingerprint density at radius 3 is 3.19 bits per heavy atom. The van der Waals surface area contributed by atoms with E-state index in [1.807, 2.05) is 13.2 Å². The zero-order valence-electron chi connectivity index (χ0n) is 11.8. The maximum absolute atomic E-state index is 5.85. The number of hydrogen-bond acceptors (Lipinski definition) is 4. The van der Waals surface area contributed by atoms with E-state index in [1.54, 1.807) is 11.3 Å². The third-order valence-electron chi connectivity index (χ3n) is 4.00. The summed E-state index contributed by atoms with van der Waals surface area (Å²) in [4.78, 5) is 4.56. The van der Waals surface area contributed by atoms with E-state index in [-0.39, 0.29) is 6.04 Å². The highest BCUT2D eigenvalue weighted by Gasteiger charge is 2.22. The maximum Gasteiger partial charge on any atom is 0.127 e. The summed E-state index contributed by atoms with van der Waals surface area (Å²) in [6.07, 6.45) is 2.96. The number of ether oxygens (including phenoxy) is 1. The molecule has 1 aromatic carbocycles. The number of thiophene rings is 1. The van der Waals surface area contributed by atoms with E-state index in [1.165, 1.54) is 21.4 Å². The van der Waals surface area contributed by atoms with Crippen molar-refractivity contribution in [2.24, 2.45) is 0 Å². The molecule has 1 aliphatic rings. The molecular weight excluding hydrogens is 280 g/mol. The predicted molar refractivity (Wildman–Crippen MR) is 86.2 cm³/mol. The smallest absolute Gasteiger partial charge is 0.127 e. The molecule has 3 heterocycles. The molecule has 1 N–H and O–H groups in total. The number of benzene rings is 1. The van der Waals surface area contributed by atoms with Gasteiger partial charge in [-0.3, -0.25) is 4.98 Å². The van der Waals surface area contributed by atoms with Crippen LogP contribution in [0.15, 0.2) is 41.9 Å². The first-order chi connectivity index (χ1) is 10.4. The quantitative estimate of drug-likeness (QED) is 0.802. The molecule has 3 aromatic rings. The van der Waals surface area contributed by atoms with Crippen LogP contribution in [0.2, 0.25) is 0 Å². The molecule has 4 rings (SSSR count). The van der Waals surface area contributed by atoms with E-state index in [0.29, 0.717) is 0 Å². The molecule has 1 unspecified atom stereocenters. The first kappa shape index (κ1) is 12.8. The van der Waals surface area contributed by atoms with Crippen LogP contribution in [0, 0.1) is 0 Å². The lowest BCUT2D eigenvalue weighted by Crippen LogP contribution is -2.18. The summed E-state index contributed by atoms with van der Waals surface area (Å²) in [6, 6.07) is 10.8. The van der Waals surface area contributed by atoms with Crippen LogP contribution in [-0.4, -0.2) is 18.6 Å². The van der Waals surface area contributed by atoms with Crippen LogP contribution in [-0.2, 0) is 6.42 Å². The molecule has 0 amide bonds. The van der Waals surface area contributed by atoms with Crippen molar-refractivity contribution in [2.45, 2.75) is 12.5 Å². The summed E-state index contributed by atoms with van der Waals surface area (Å²) < 4.78 is 7.07. The second-order valence-electron chi connectivity index (χ2n) is 5.23. The van der Waals surface area contributed by atoms with E-state index in [4.69, 9.17) is 4.74 Å². The lowest BCUT2D eigenvalue weighted by Gasteiger charge is -2.19. The van der Waals surface area contributed by atoms with Gasteiger partial charge in [0.1, 0.15) is 5.75 Å². The van der Waals surface area contributed by atoms with Gasteiger partial charge in [-0.25, -0.2) is 0 Å². The molecule has 1 atom stereocenters. The van der Waals surface area contributed by atoms with Gasteiger partial charge in [-0.2, -0.15) is 0 Å². The maximum atomic E-state index is 5.85. The number of rotatable bonds is 3. The van der Waals surface area contributed by atoms with E-state index in [2.05, 4.69) is 46.0 Å². The molecule has 0 aliphatic carbocycles. The topological polar surface area (TPSA) is 34.2 Å². The number of para-hydroxylation sites is 1. The molecule has 0 radical (unpaired) electrons. The third kappa shape index (κ3) is 2.11. The average Bonchev–Trinajstić information content (AvgIpc) is 3.16. The van der Waals surface area contributed by atoms with Gasteiger partial charge < -0.3 is 10.1 Å². The predicted octanol–water partition coefficient (Wildman–Crippen LogP) is 3.54. The van der Waals surface area contributed by atoms with Gasteiger partial charge in [0.2, 0.25) is 0 Å². The minimum atomic E-state index is 0.108. The van der Waals surface area contributed by atoms with E-state index in [9.17, 15) is 0 Å². The summed E-state index contributed by atoms with van der Waals surface area (Å²) in [7, 11) is 1.98. The molecule has 1 aliphatic heterocycles. The van der Waals surface area contributed by atoms with Crippen LogP contribution < -0.4 is 10.1 Å². The van der Waals surface area contributed by atoms with E-state index < -0.39 is 0 Å². The van der Waals surface area contributed by atoms with Crippen molar-refractivity contribution in [1.82, 2.24) is 10.3 Å². The van der Waals surface area contributed by atoms with Crippen LogP contribution >= 0.6 is 11.3 Å². The molecule has 0 saturated carbocycles. The van der Waals surface area contributed by atoms with Gasteiger partial charge >= 0.3 is 0 Å². The van der Waals surface area contributed by atoms with Crippen LogP contribution in [0.1, 0.15) is 22.7 Å². The number of nitrogens with zero attached hydrogens (tertiary/aromatic N) is 1. The summed E-state index contributed by atoms with van der Waals surface area (Å²) in [5.74, 6) is 1.04. The lowest BCUT2D eigenvalue weighted by molar-refractivity contribution is 0.351. The molecule has 106 valence electrons. The van der Waals surface area contributed by atoms with Crippen molar-refractivity contribution in [2.75, 3.05) is 13.7 Å². The van der Waals surface area contributed by atoms with E-state index in [0.717, 1.165) is 24.3 Å². The largest absolute Gasteiger partial charge is 0.493 e. The Balaban J connectivity index is 1.82. The Kier molecular flexibility index (Phi) is 3.13. The zero-order valence-corrected chi connectivity index (χ0v) is 12.6. The van der Waals surface area contributed by atoms with Crippen LogP contribution in [0.3, 0.4) is 0 Å². The summed E-state index contributed by atoms with van der Waals surface area (Å²) in [5.41, 5.74) is 4.74. The molecule has 0 bridgehead atoms. The second kappa shape index (κ2) is 5.13. The lowest BCUT2D eigenvalue weighted by atomic mass is 9.97. The Hall–Kier alpha value is -1.91. The number of fused-ring (bicyclic) bond motifs is 2. The average molecular weight is 296 g/mol. The molecule has 4 heteroatoms. The minimum Gasteiger partial charge on any atom is -0.493 e. The normalized spacial score (nSPS) is 14.9. The Bertz CT molecular complexity index is 796. The zero-order chi connectivity index (χ0) is 14.2. The molecule has 0 fully saturated rings. The van der Waals surface area contributed by atoms with Crippen molar-refractivity contribution in [3.8, 4) is 5.75 Å². The fourth-order valence-corrected chi connectivity index (χ4v) is 3.78. The Morgan fingerprint density at radius 1 is 1.33 bits per heavy atom. The van der Waals surface area contributed by atoms with Crippen molar-refractivity contribution in [3.05, 3.63) is 58.6 Å². The van der Waals surface area contributed by atoms with Crippen molar-refractivity contribution >= 4 is 21.6 Å². The van der Waals surface area contributed by atoms with Crippen LogP contribution in [0.25, 0.3) is 10.2 Å². The van der Waals surface area contributed by atoms with Gasteiger partial charge in [0.25, 0.3) is 0 Å². The highest BCUT2D eigenvalue weighted by molar-refractivity contribution is 7.17. The van der Waals surface area contributed by atoms with E-state index >= 15 is 0 Å². The SMILES string of the molecule is CNC(c1cnc2ccsc2c1)c1cccc2c1OCC2. The molecule has 3 nitrogen and oxygen atoms in total. The first-order valence-corrected chi connectivity index (χ1v) is 8.00. The number of hydrogen-bond donors (Lipinski definition) is 1. The van der Waals surface area contributed by atoms with Crippen molar-refractivity contribution in [3.63, 3.8) is 0 Å². The number of aromatic nitrogens is 1. The Labute approximate surface area is 127 Å². The Morgan fingerprint density at radius 2 is 2.29 bits per heavy atom. The minimum absolute atomic E-state index is 0.108. The van der Waals surface area contributed by atoms with Gasteiger partial charge in [-0.1, -0.05) is 18.2 Å². The molecule has 0 saturated heterocycles. The molecular formula is C17H16N2OS. The van der Waals surface area contributed by atoms with Gasteiger partial charge in [0, 0.05) is 18.2 Å². The fraction of sp³-hybridized carbons (Fsp3) is 0.235. The third-order valence-corrected chi connectivity index (χ3v) is 4.85. The van der Waals surface area contributed by atoms with Gasteiger partial charge in [0.15, 0.2) is 0 Å².